The number of carboxylic acid groups (broad SMARTS) is 1. The van der Waals surface area contributed by atoms with Crippen LogP contribution in [-0.4, -0.2) is 23.5 Å². The predicted molar refractivity (Wildman–Crippen MR) is 65.9 cm³/mol. The lowest BCUT2D eigenvalue weighted by atomic mass is 10.2. The first-order chi connectivity index (χ1) is 8.95. The molecule has 0 unspecified atom stereocenters. The zero-order valence-corrected chi connectivity index (χ0v) is 10.5. The van der Waals surface area contributed by atoms with E-state index in [1.54, 1.807) is 6.92 Å². The maximum Gasteiger partial charge on any atom is 0.305 e. The first-order valence-electron chi connectivity index (χ1n) is 5.93. The number of aliphatic carboxylic acids is 1. The number of anilines is 1. The van der Waals surface area contributed by atoms with Crippen molar-refractivity contribution < 1.29 is 23.5 Å². The largest absolute Gasteiger partial charge is 0.481 e. The molecule has 0 saturated carbocycles. The summed E-state index contributed by atoms with van der Waals surface area (Å²) in [6.45, 7) is 1.73. The zero-order valence-electron chi connectivity index (χ0n) is 10.5. The van der Waals surface area contributed by atoms with Crippen molar-refractivity contribution in [3.63, 3.8) is 0 Å². The highest BCUT2D eigenvalue weighted by molar-refractivity contribution is 5.93. The van der Waals surface area contributed by atoms with Crippen molar-refractivity contribution in [3.8, 4) is 0 Å². The number of amides is 1. The molecule has 0 fully saturated rings. The molecule has 1 aromatic carbocycles. The summed E-state index contributed by atoms with van der Waals surface area (Å²) in [6.07, 6.45) is 0.555. The number of carbonyl (C=O) groups is 2. The molecule has 1 rings (SSSR count). The Morgan fingerprint density at radius 1 is 1.21 bits per heavy atom. The molecule has 104 valence electrons. The summed E-state index contributed by atoms with van der Waals surface area (Å²) in [5, 5.41) is 8.65. The van der Waals surface area contributed by atoms with Crippen LogP contribution in [0.15, 0.2) is 18.2 Å². The highest BCUT2D eigenvalue weighted by Gasteiger charge is 2.17. The summed E-state index contributed by atoms with van der Waals surface area (Å²) in [4.78, 5) is 23.6. The molecule has 1 N–H and O–H groups in total. The highest BCUT2D eigenvalue weighted by atomic mass is 19.2. The molecule has 0 aliphatic carbocycles. The van der Waals surface area contributed by atoms with Crippen LogP contribution in [0.3, 0.4) is 0 Å². The molecule has 19 heavy (non-hydrogen) atoms. The summed E-state index contributed by atoms with van der Waals surface area (Å²) in [7, 11) is 0. The Morgan fingerprint density at radius 3 is 2.42 bits per heavy atom. The molecule has 0 aromatic heterocycles. The fourth-order valence-corrected chi connectivity index (χ4v) is 1.61. The molecule has 0 bridgehead atoms. The van der Waals surface area contributed by atoms with Gasteiger partial charge in [0.2, 0.25) is 5.91 Å². The van der Waals surface area contributed by atoms with E-state index in [1.807, 2.05) is 0 Å². The molecule has 0 saturated heterocycles. The fraction of sp³-hybridized carbons (Fsp3) is 0.385. The molecule has 0 heterocycles. The minimum atomic E-state index is -1.07. The van der Waals surface area contributed by atoms with Gasteiger partial charge in [0, 0.05) is 24.7 Å². The van der Waals surface area contributed by atoms with Crippen molar-refractivity contribution in [1.82, 2.24) is 0 Å². The van der Waals surface area contributed by atoms with Crippen molar-refractivity contribution in [3.05, 3.63) is 29.8 Å². The Morgan fingerprint density at radius 2 is 1.89 bits per heavy atom. The van der Waals surface area contributed by atoms with E-state index in [0.29, 0.717) is 6.42 Å². The summed E-state index contributed by atoms with van der Waals surface area (Å²) >= 11 is 0. The molecule has 6 heteroatoms. The number of benzene rings is 1. The second-order valence-electron chi connectivity index (χ2n) is 4.04. The van der Waals surface area contributed by atoms with E-state index in [1.165, 1.54) is 11.0 Å². The van der Waals surface area contributed by atoms with Gasteiger partial charge in [0.05, 0.1) is 6.42 Å². The number of hydrogen-bond acceptors (Lipinski definition) is 2. The van der Waals surface area contributed by atoms with Gasteiger partial charge >= 0.3 is 5.97 Å². The third kappa shape index (κ3) is 4.31. The Labute approximate surface area is 109 Å². The smallest absolute Gasteiger partial charge is 0.305 e. The van der Waals surface area contributed by atoms with Crippen LogP contribution in [-0.2, 0) is 9.59 Å². The lowest BCUT2D eigenvalue weighted by Gasteiger charge is -2.22. The van der Waals surface area contributed by atoms with Crippen LogP contribution in [0.5, 0.6) is 0 Å². The van der Waals surface area contributed by atoms with Crippen molar-refractivity contribution in [2.45, 2.75) is 26.2 Å². The monoisotopic (exact) mass is 271 g/mol. The average Bonchev–Trinajstić information content (AvgIpc) is 2.33. The van der Waals surface area contributed by atoms with Crippen molar-refractivity contribution in [2.24, 2.45) is 0 Å². The number of hydrogen-bond donors (Lipinski definition) is 1. The van der Waals surface area contributed by atoms with Gasteiger partial charge in [0.15, 0.2) is 11.6 Å². The van der Waals surface area contributed by atoms with Crippen LogP contribution >= 0.6 is 0 Å². The number of halogens is 2. The van der Waals surface area contributed by atoms with E-state index >= 15 is 0 Å². The van der Waals surface area contributed by atoms with Gasteiger partial charge in [-0.1, -0.05) is 6.92 Å². The van der Waals surface area contributed by atoms with Crippen molar-refractivity contribution >= 4 is 17.6 Å². The first-order valence-corrected chi connectivity index (χ1v) is 5.93. The highest BCUT2D eigenvalue weighted by Crippen LogP contribution is 2.19. The first kappa shape index (κ1) is 15.1. The summed E-state index contributed by atoms with van der Waals surface area (Å²) in [6, 6.07) is 3.07. The molecule has 0 atom stereocenters. The molecular weight excluding hydrogens is 256 g/mol. The minimum Gasteiger partial charge on any atom is -0.481 e. The second kappa shape index (κ2) is 6.82. The Kier molecular flexibility index (Phi) is 5.41. The van der Waals surface area contributed by atoms with Gasteiger partial charge in [0.1, 0.15) is 0 Å². The number of rotatable bonds is 6. The maximum absolute atomic E-state index is 13.2. The predicted octanol–water partition coefficient (Wildman–Crippen LogP) is 2.57. The van der Waals surface area contributed by atoms with Crippen LogP contribution in [0.4, 0.5) is 14.5 Å². The summed E-state index contributed by atoms with van der Waals surface area (Å²) in [5.74, 6) is -3.45. The molecular formula is C13H15F2NO3. The number of nitrogens with zero attached hydrogens (tertiary/aromatic N) is 1. The molecule has 1 aromatic rings. The van der Waals surface area contributed by atoms with Crippen LogP contribution in [0, 0.1) is 11.6 Å². The quantitative estimate of drug-likeness (QED) is 0.865. The van der Waals surface area contributed by atoms with Gasteiger partial charge in [-0.2, -0.15) is 0 Å². The summed E-state index contributed by atoms with van der Waals surface area (Å²) < 4.78 is 26.0. The number of carboxylic acids is 1. The molecule has 1 amide bonds. The fourth-order valence-electron chi connectivity index (χ4n) is 1.61. The van der Waals surface area contributed by atoms with E-state index in [9.17, 15) is 18.4 Å². The SMILES string of the molecule is CCCC(=O)N(CCC(=O)O)c1ccc(F)c(F)c1. The van der Waals surface area contributed by atoms with E-state index in [4.69, 9.17) is 5.11 Å². The topological polar surface area (TPSA) is 57.6 Å². The van der Waals surface area contributed by atoms with Gasteiger partial charge in [-0.15, -0.1) is 0 Å². The van der Waals surface area contributed by atoms with E-state index in [-0.39, 0.29) is 31.0 Å². The molecule has 0 spiro atoms. The van der Waals surface area contributed by atoms with Gasteiger partial charge in [-0.05, 0) is 18.6 Å². The normalized spacial score (nSPS) is 10.3. The number of carbonyl (C=O) groups excluding carboxylic acids is 1. The van der Waals surface area contributed by atoms with Gasteiger partial charge in [0.25, 0.3) is 0 Å². The van der Waals surface area contributed by atoms with E-state index in [2.05, 4.69) is 0 Å². The van der Waals surface area contributed by atoms with E-state index < -0.39 is 17.6 Å². The Balaban J connectivity index is 2.96. The average molecular weight is 271 g/mol. The standard InChI is InChI=1S/C13H15F2NO3/c1-2-3-12(17)16(7-6-13(18)19)9-4-5-10(14)11(15)8-9/h4-5,8H,2-3,6-7H2,1H3,(H,18,19). The molecule has 4 nitrogen and oxygen atoms in total. The van der Waals surface area contributed by atoms with E-state index in [0.717, 1.165) is 12.1 Å². The van der Waals surface area contributed by atoms with Crippen LogP contribution in [0.2, 0.25) is 0 Å². The molecule has 0 radical (unpaired) electrons. The maximum atomic E-state index is 13.2. The summed E-state index contributed by atoms with van der Waals surface area (Å²) in [5.41, 5.74) is 0.165. The Hall–Kier alpha value is -1.98. The molecule has 0 aliphatic heterocycles. The molecule has 0 aliphatic rings. The van der Waals surface area contributed by atoms with Gasteiger partial charge in [-0.25, -0.2) is 8.78 Å². The van der Waals surface area contributed by atoms with Gasteiger partial charge < -0.3 is 10.0 Å². The second-order valence-corrected chi connectivity index (χ2v) is 4.04. The lowest BCUT2D eigenvalue weighted by Crippen LogP contribution is -2.32. The Bertz CT molecular complexity index is 477. The minimum absolute atomic E-state index is 0.0702. The van der Waals surface area contributed by atoms with Gasteiger partial charge in [-0.3, -0.25) is 9.59 Å². The van der Waals surface area contributed by atoms with Crippen LogP contribution in [0.1, 0.15) is 26.2 Å². The lowest BCUT2D eigenvalue weighted by molar-refractivity contribution is -0.136. The van der Waals surface area contributed by atoms with Crippen LogP contribution < -0.4 is 4.90 Å². The van der Waals surface area contributed by atoms with Crippen molar-refractivity contribution in [2.75, 3.05) is 11.4 Å². The van der Waals surface area contributed by atoms with Crippen LogP contribution in [0.25, 0.3) is 0 Å². The zero-order chi connectivity index (χ0) is 14.4. The third-order valence-electron chi connectivity index (χ3n) is 2.53. The van der Waals surface area contributed by atoms with Crippen molar-refractivity contribution in [1.29, 1.82) is 0 Å². The third-order valence-corrected chi connectivity index (χ3v) is 2.53.